The van der Waals surface area contributed by atoms with E-state index in [4.69, 9.17) is 9.47 Å². The van der Waals surface area contributed by atoms with Crippen molar-refractivity contribution in [2.24, 2.45) is 0 Å². The number of rotatable bonds is 10. The van der Waals surface area contributed by atoms with Gasteiger partial charge in [0.2, 0.25) is 0 Å². The molecule has 13 aromatic carbocycles. The normalized spacial score (nSPS) is 14.5. The van der Waals surface area contributed by atoms with E-state index in [1.807, 2.05) is 0 Å². The summed E-state index contributed by atoms with van der Waals surface area (Å²) in [5, 5.41) is 0. The molecule has 0 saturated heterocycles. The van der Waals surface area contributed by atoms with Gasteiger partial charge in [0, 0.05) is 69.0 Å². The molecule has 6 nitrogen and oxygen atoms in total. The minimum Gasteiger partial charge on any atom is -0.458 e. The summed E-state index contributed by atoms with van der Waals surface area (Å²) < 4.78 is 16.5. The number of benzene rings is 13. The highest BCUT2D eigenvalue weighted by Gasteiger charge is 2.50. The smallest absolute Gasteiger partial charge is 0.256 e. The summed E-state index contributed by atoms with van der Waals surface area (Å²) in [6.45, 7) is 113. The molecule has 0 saturated carbocycles. The summed E-state index contributed by atoms with van der Waals surface area (Å²) in [5.41, 5.74) is 41.4. The van der Waals surface area contributed by atoms with Crippen molar-refractivity contribution in [1.29, 1.82) is 0 Å². The monoisotopic (exact) mass is 2000 g/mol. The van der Waals surface area contributed by atoms with E-state index in [-0.39, 0.29) is 100 Å². The van der Waals surface area contributed by atoms with Gasteiger partial charge in [0.1, 0.15) is 23.0 Å². The Morgan fingerprint density at radius 1 is 0.160 bits per heavy atom. The summed E-state index contributed by atoms with van der Waals surface area (Å²) in [4.78, 5) is 10.7. The van der Waals surface area contributed by atoms with E-state index in [1.165, 1.54) is 122 Å². The molecule has 786 valence electrons. The summed E-state index contributed by atoms with van der Waals surface area (Å²) in [6, 6.07) is 90.2. The summed E-state index contributed by atoms with van der Waals surface area (Å²) in [6.07, 6.45) is 0. The van der Waals surface area contributed by atoms with Gasteiger partial charge in [0.05, 0.1) is 11.4 Å². The van der Waals surface area contributed by atoms with Gasteiger partial charge in [-0.3, -0.25) is 0 Å². The Morgan fingerprint density at radius 3 is 0.567 bits per heavy atom. The average Bonchev–Trinajstić information content (AvgIpc) is 0.681. The molecule has 0 amide bonds. The van der Waals surface area contributed by atoms with Crippen LogP contribution in [0.3, 0.4) is 0 Å². The summed E-state index contributed by atoms with van der Waals surface area (Å²) >= 11 is 0. The van der Waals surface area contributed by atoms with E-state index in [2.05, 4.69) is 570 Å². The van der Waals surface area contributed by atoms with E-state index in [9.17, 15) is 0 Å². The van der Waals surface area contributed by atoms with Crippen molar-refractivity contribution in [3.05, 3.63) is 307 Å². The number of nitrogens with zero attached hydrogens (tertiary/aromatic N) is 4. The maximum absolute atomic E-state index is 8.24. The molecule has 0 radical (unpaired) electrons. The molecule has 0 atom stereocenters. The molecular formula is C142H180B2N4O2. The molecule has 0 unspecified atom stereocenters. The molecule has 4 aliphatic rings. The van der Waals surface area contributed by atoms with Crippen LogP contribution in [0.1, 0.15) is 421 Å². The Morgan fingerprint density at radius 2 is 0.347 bits per heavy atom. The van der Waals surface area contributed by atoms with Crippen LogP contribution in [0.2, 0.25) is 0 Å². The van der Waals surface area contributed by atoms with E-state index in [1.54, 1.807) is 0 Å². The van der Waals surface area contributed by atoms with Gasteiger partial charge in [-0.25, -0.2) is 0 Å². The molecule has 8 heteroatoms. The van der Waals surface area contributed by atoms with Crippen LogP contribution in [0.25, 0.3) is 22.3 Å². The second kappa shape index (κ2) is 36.2. The first-order valence-electron chi connectivity index (χ1n) is 56.0. The molecule has 0 fully saturated rings. The minimum atomic E-state index is -0.373. The van der Waals surface area contributed by atoms with Gasteiger partial charge < -0.3 is 29.1 Å². The van der Waals surface area contributed by atoms with Gasteiger partial charge in [-0.1, -0.05) is 429 Å². The predicted octanol–water partition coefficient (Wildman–Crippen LogP) is 37.5. The maximum Gasteiger partial charge on any atom is 0.256 e. The van der Waals surface area contributed by atoms with Crippen molar-refractivity contribution in [2.45, 2.75) is 419 Å². The van der Waals surface area contributed by atoms with Crippen LogP contribution >= 0.6 is 0 Å². The first kappa shape index (κ1) is 110. The van der Waals surface area contributed by atoms with Crippen LogP contribution in [0, 0.1) is 0 Å². The lowest BCUT2D eigenvalue weighted by atomic mass is 9.31. The lowest BCUT2D eigenvalue weighted by Gasteiger charge is -2.45. The molecule has 13 aromatic rings. The van der Waals surface area contributed by atoms with Crippen LogP contribution in [0.15, 0.2) is 218 Å². The molecule has 17 rings (SSSR count). The van der Waals surface area contributed by atoms with Crippen molar-refractivity contribution in [2.75, 3.05) is 19.6 Å². The second-order valence-electron chi connectivity index (χ2n) is 61.8. The third-order valence-corrected chi connectivity index (χ3v) is 32.6. The highest BCUT2D eigenvalue weighted by Crippen LogP contribution is 2.56. The predicted molar refractivity (Wildman–Crippen MR) is 658 cm³/mol. The van der Waals surface area contributed by atoms with Crippen molar-refractivity contribution in [3.63, 3.8) is 0 Å². The number of fused-ring (bicyclic) bond motifs is 8. The zero-order chi connectivity index (χ0) is 111. The van der Waals surface area contributed by atoms with Gasteiger partial charge >= 0.3 is 0 Å². The Bertz CT molecular complexity index is 6890. The lowest BCUT2D eigenvalue weighted by molar-refractivity contribution is 0.483. The number of hydrogen-bond donors (Lipinski definition) is 0. The number of hydrogen-bond acceptors (Lipinski definition) is 6. The Labute approximate surface area is 908 Å². The molecular weight excluding hydrogens is 1820 g/mol. The Hall–Kier alpha value is -11.2. The first-order chi connectivity index (χ1) is 68.3. The van der Waals surface area contributed by atoms with E-state index >= 15 is 0 Å². The lowest BCUT2D eigenvalue weighted by Crippen LogP contribution is -2.63. The van der Waals surface area contributed by atoms with Gasteiger partial charge in [0.15, 0.2) is 0 Å². The van der Waals surface area contributed by atoms with Gasteiger partial charge in [-0.15, -0.1) is 0 Å². The highest BCUT2D eigenvalue weighted by molar-refractivity contribution is 7.01. The van der Waals surface area contributed by atoms with Crippen molar-refractivity contribution in [3.8, 4) is 45.3 Å². The van der Waals surface area contributed by atoms with Crippen LogP contribution < -0.4 is 61.9 Å². The fraction of sp³-hybridized carbons (Fsp3) is 0.451. The fourth-order valence-electron chi connectivity index (χ4n) is 22.0. The van der Waals surface area contributed by atoms with E-state index in [0.717, 1.165) is 113 Å². The van der Waals surface area contributed by atoms with Crippen molar-refractivity contribution < 1.29 is 9.47 Å². The number of anilines is 12. The van der Waals surface area contributed by atoms with Crippen molar-refractivity contribution in [1.82, 2.24) is 0 Å². The summed E-state index contributed by atoms with van der Waals surface area (Å²) in [5.74, 6) is 3.38. The molecule has 0 N–H and O–H groups in total. The molecule has 150 heavy (non-hydrogen) atoms. The quantitative estimate of drug-likeness (QED) is 0.127. The maximum atomic E-state index is 8.24. The van der Waals surface area contributed by atoms with Crippen LogP contribution in [-0.4, -0.2) is 13.4 Å². The van der Waals surface area contributed by atoms with E-state index in [0.29, 0.717) is 0 Å². The van der Waals surface area contributed by atoms with Gasteiger partial charge in [0.25, 0.3) is 13.4 Å². The fourth-order valence-corrected chi connectivity index (χ4v) is 22.0. The molecule has 0 bridgehead atoms. The second-order valence-corrected chi connectivity index (χ2v) is 61.8. The topological polar surface area (TPSA) is 31.4 Å². The first-order valence-corrected chi connectivity index (χ1v) is 56.0. The minimum absolute atomic E-state index is 0.123. The Kier molecular flexibility index (Phi) is 26.6. The van der Waals surface area contributed by atoms with E-state index < -0.39 is 0 Å². The molecule has 0 spiro atoms. The van der Waals surface area contributed by atoms with Crippen LogP contribution in [0.4, 0.5) is 68.2 Å². The standard InChI is InChI=1S/C142H180B2N4O2/c1-127(2,3)89-49-51-113-121(77-89)149-123-81-111(145(107-69-97(135(25,26)27)63-98(70-107)136(28,29)30)105-59-87(57-95(67-105)133(19,20)21)85-53-91(129(7,8)9)61-92(54-85)130(10,11)12)79-119-125(123)143(113)115-83-118-116(84-117(115)147(119)109-73-101(139(37,38)39)65-102(74-109)140(40,41)42)144-114-52-50-90(128(4,5)6)78-122(114)150-124-82-112(80-120(126(124)144)148(118)110-75-103(141(43,44)45)66-104(76-110)142(46,47)48)146(108-71-99(137(31,32)33)64-100(72-108)138(34,35)36)106-60-88(58-96(68-106)134(22,23)24)86-55-93(131(13,14)15)62-94(56-86)132(16,17)18/h49-84H,1-48H3. The SMILES string of the molecule is CC(C)(C)c1cc(-c2cc(C(C)(C)C)cc(C(C)(C)C)c2)cc(N(c2cc(C(C)(C)C)cc(C(C)(C)C)c2)c2cc3c4c(c2)N(c2cc(C(C)(C)C)cc(C(C)(C)C)c2)c2cc5c(cc2B4c2ccc(C(C)(C)C)cc2O3)N(c2cc(C(C)(C)C)cc(C(C)(C)C)c2)c2cc(N(c3cc(-c4cc(C(C)(C)C)cc(C(C)(C)C)c4)cc(C(C)(C)C)c3)c3cc(C(C)(C)C)cc(C(C)(C)C)c3)cc3c2B5c2ccc(C(C)(C)C)cc2O3)c1. The van der Waals surface area contributed by atoms with Gasteiger partial charge in [-0.05, 0) is 340 Å². The summed E-state index contributed by atoms with van der Waals surface area (Å²) in [7, 11) is 0. The number of ether oxygens (including phenoxy) is 2. The van der Waals surface area contributed by atoms with Gasteiger partial charge in [-0.2, -0.15) is 0 Å². The third-order valence-electron chi connectivity index (χ3n) is 32.6. The molecule has 4 aliphatic heterocycles. The van der Waals surface area contributed by atoms with Crippen molar-refractivity contribution >= 4 is 114 Å². The molecule has 4 heterocycles. The molecule has 0 aliphatic carbocycles. The highest BCUT2D eigenvalue weighted by atomic mass is 16.5. The van der Waals surface area contributed by atoms with Crippen LogP contribution in [0.5, 0.6) is 23.0 Å². The largest absolute Gasteiger partial charge is 0.458 e. The molecule has 0 aromatic heterocycles. The Balaban J connectivity index is 1.07. The third kappa shape index (κ3) is 21.5. The van der Waals surface area contributed by atoms with Crippen LogP contribution in [-0.2, 0) is 86.6 Å². The zero-order valence-electron chi connectivity index (χ0n) is 102. The zero-order valence-corrected chi connectivity index (χ0v) is 102. The average molecular weight is 2000 g/mol.